The number of halogens is 1. The van der Waals surface area contributed by atoms with Crippen molar-refractivity contribution in [2.45, 2.75) is 12.8 Å². The van der Waals surface area contributed by atoms with Crippen molar-refractivity contribution in [2.24, 2.45) is 5.92 Å². The molecule has 1 saturated heterocycles. The van der Waals surface area contributed by atoms with Gasteiger partial charge >= 0.3 is 0 Å². The van der Waals surface area contributed by atoms with Crippen molar-refractivity contribution in [3.63, 3.8) is 0 Å². The molecule has 0 saturated carbocycles. The lowest BCUT2D eigenvalue weighted by molar-refractivity contribution is 0.228. The van der Waals surface area contributed by atoms with Crippen LogP contribution in [0.5, 0.6) is 5.75 Å². The van der Waals surface area contributed by atoms with Crippen molar-refractivity contribution in [1.82, 2.24) is 15.0 Å². The molecule has 0 amide bonds. The van der Waals surface area contributed by atoms with Gasteiger partial charge in [-0.1, -0.05) is 0 Å². The van der Waals surface area contributed by atoms with Crippen LogP contribution in [0.1, 0.15) is 12.8 Å². The molecular weight excluding hydrogens is 271 g/mol. The standard InChI is InChI=1S/C15H17FN4O/c16-13-8-18-15(19-9-13)20-7-1-2-12(10-20)11-21-14-3-5-17-6-4-14/h3-6,8-9,12H,1-2,7,10-11H2. The minimum atomic E-state index is -0.409. The van der Waals surface area contributed by atoms with Crippen LogP contribution in [0.2, 0.25) is 0 Å². The Morgan fingerprint density at radius 3 is 2.76 bits per heavy atom. The van der Waals surface area contributed by atoms with Gasteiger partial charge in [0.2, 0.25) is 5.95 Å². The number of pyridine rings is 1. The normalized spacial score (nSPS) is 18.5. The van der Waals surface area contributed by atoms with Crippen molar-refractivity contribution >= 4 is 5.95 Å². The zero-order valence-corrected chi connectivity index (χ0v) is 11.7. The minimum absolute atomic E-state index is 0.409. The van der Waals surface area contributed by atoms with E-state index in [2.05, 4.69) is 19.9 Å². The van der Waals surface area contributed by atoms with Crippen molar-refractivity contribution < 1.29 is 9.13 Å². The van der Waals surface area contributed by atoms with Crippen molar-refractivity contribution in [1.29, 1.82) is 0 Å². The fourth-order valence-electron chi connectivity index (χ4n) is 2.50. The van der Waals surface area contributed by atoms with Crippen molar-refractivity contribution in [2.75, 3.05) is 24.6 Å². The van der Waals surface area contributed by atoms with Crippen LogP contribution in [0.25, 0.3) is 0 Å². The summed E-state index contributed by atoms with van der Waals surface area (Å²) in [5.74, 6) is 1.43. The van der Waals surface area contributed by atoms with Crippen LogP contribution in [0, 0.1) is 11.7 Å². The molecule has 5 nitrogen and oxygen atoms in total. The Morgan fingerprint density at radius 1 is 1.24 bits per heavy atom. The lowest BCUT2D eigenvalue weighted by Gasteiger charge is -2.32. The summed E-state index contributed by atoms with van der Waals surface area (Å²) in [5, 5.41) is 0. The third-order valence-electron chi connectivity index (χ3n) is 3.54. The molecule has 2 aromatic rings. The van der Waals surface area contributed by atoms with E-state index >= 15 is 0 Å². The molecule has 110 valence electrons. The van der Waals surface area contributed by atoms with Crippen LogP contribution in [-0.2, 0) is 0 Å². The SMILES string of the molecule is Fc1cnc(N2CCCC(COc3ccncc3)C2)nc1. The van der Waals surface area contributed by atoms with Crippen LogP contribution in [0.4, 0.5) is 10.3 Å². The molecule has 1 unspecified atom stereocenters. The molecule has 0 aromatic carbocycles. The van der Waals surface area contributed by atoms with E-state index in [1.165, 1.54) is 12.4 Å². The van der Waals surface area contributed by atoms with Gasteiger partial charge in [0.25, 0.3) is 0 Å². The van der Waals surface area contributed by atoms with E-state index in [0.717, 1.165) is 31.7 Å². The predicted molar refractivity (Wildman–Crippen MR) is 76.7 cm³/mol. The average Bonchev–Trinajstić information content (AvgIpc) is 2.55. The van der Waals surface area contributed by atoms with E-state index in [1.54, 1.807) is 12.4 Å². The largest absolute Gasteiger partial charge is 0.493 e. The lowest BCUT2D eigenvalue weighted by atomic mass is 9.99. The van der Waals surface area contributed by atoms with Gasteiger partial charge in [0.1, 0.15) is 5.75 Å². The quantitative estimate of drug-likeness (QED) is 0.864. The molecule has 1 aliphatic heterocycles. The zero-order chi connectivity index (χ0) is 14.5. The number of ether oxygens (including phenoxy) is 1. The maximum atomic E-state index is 12.9. The van der Waals surface area contributed by atoms with E-state index in [1.807, 2.05) is 12.1 Å². The summed E-state index contributed by atoms with van der Waals surface area (Å²) < 4.78 is 18.7. The lowest BCUT2D eigenvalue weighted by Crippen LogP contribution is -2.38. The smallest absolute Gasteiger partial charge is 0.225 e. The highest BCUT2D eigenvalue weighted by atomic mass is 19.1. The van der Waals surface area contributed by atoms with Gasteiger partial charge in [0.15, 0.2) is 5.82 Å². The first-order valence-electron chi connectivity index (χ1n) is 7.06. The maximum Gasteiger partial charge on any atom is 0.225 e. The Balaban J connectivity index is 1.57. The van der Waals surface area contributed by atoms with Gasteiger partial charge in [0.05, 0.1) is 19.0 Å². The molecule has 0 spiro atoms. The summed E-state index contributed by atoms with van der Waals surface area (Å²) in [5.41, 5.74) is 0. The van der Waals surface area contributed by atoms with Crippen molar-refractivity contribution in [3.05, 3.63) is 42.7 Å². The molecule has 0 N–H and O–H groups in total. The van der Waals surface area contributed by atoms with Crippen LogP contribution < -0.4 is 9.64 Å². The van der Waals surface area contributed by atoms with E-state index in [9.17, 15) is 4.39 Å². The topological polar surface area (TPSA) is 51.1 Å². The van der Waals surface area contributed by atoms with E-state index < -0.39 is 5.82 Å². The van der Waals surface area contributed by atoms with Gasteiger partial charge in [0, 0.05) is 31.4 Å². The van der Waals surface area contributed by atoms with Gasteiger partial charge in [-0.25, -0.2) is 14.4 Å². The number of piperidine rings is 1. The second-order valence-electron chi connectivity index (χ2n) is 5.15. The van der Waals surface area contributed by atoms with Crippen LogP contribution >= 0.6 is 0 Å². The first-order chi connectivity index (χ1) is 10.3. The van der Waals surface area contributed by atoms with Gasteiger partial charge in [-0.2, -0.15) is 0 Å². The van der Waals surface area contributed by atoms with Crippen LogP contribution in [0.3, 0.4) is 0 Å². The Morgan fingerprint density at radius 2 is 2.00 bits per heavy atom. The molecule has 0 radical (unpaired) electrons. The summed E-state index contributed by atoms with van der Waals surface area (Å²) in [6.07, 6.45) is 8.02. The number of rotatable bonds is 4. The van der Waals surface area contributed by atoms with Crippen LogP contribution in [0.15, 0.2) is 36.9 Å². The summed E-state index contributed by atoms with van der Waals surface area (Å²) in [6, 6.07) is 3.70. The molecule has 1 fully saturated rings. The predicted octanol–water partition coefficient (Wildman–Crippen LogP) is 2.31. The Labute approximate surface area is 122 Å². The number of hydrogen-bond acceptors (Lipinski definition) is 5. The number of hydrogen-bond donors (Lipinski definition) is 0. The highest BCUT2D eigenvalue weighted by Crippen LogP contribution is 2.21. The second kappa shape index (κ2) is 6.47. The molecule has 3 rings (SSSR count). The average molecular weight is 288 g/mol. The summed E-state index contributed by atoms with van der Waals surface area (Å²) in [6.45, 7) is 2.38. The first kappa shape index (κ1) is 13.7. The highest BCUT2D eigenvalue weighted by Gasteiger charge is 2.22. The molecule has 1 aliphatic rings. The fourth-order valence-corrected chi connectivity index (χ4v) is 2.50. The monoisotopic (exact) mass is 288 g/mol. The second-order valence-corrected chi connectivity index (χ2v) is 5.15. The third-order valence-corrected chi connectivity index (χ3v) is 3.54. The molecule has 3 heterocycles. The van der Waals surface area contributed by atoms with E-state index in [-0.39, 0.29) is 0 Å². The Bertz CT molecular complexity index is 564. The summed E-state index contributed by atoms with van der Waals surface area (Å²) in [4.78, 5) is 14.1. The molecule has 1 atom stereocenters. The van der Waals surface area contributed by atoms with Crippen LogP contribution in [-0.4, -0.2) is 34.6 Å². The highest BCUT2D eigenvalue weighted by molar-refractivity contribution is 5.29. The van der Waals surface area contributed by atoms with Gasteiger partial charge < -0.3 is 9.64 Å². The molecule has 0 aliphatic carbocycles. The number of anilines is 1. The maximum absolute atomic E-state index is 12.9. The summed E-state index contributed by atoms with van der Waals surface area (Å²) in [7, 11) is 0. The molecule has 0 bridgehead atoms. The zero-order valence-electron chi connectivity index (χ0n) is 11.7. The minimum Gasteiger partial charge on any atom is -0.493 e. The van der Waals surface area contributed by atoms with Gasteiger partial charge in [-0.3, -0.25) is 4.98 Å². The summed E-state index contributed by atoms with van der Waals surface area (Å²) >= 11 is 0. The van der Waals surface area contributed by atoms with Gasteiger partial charge in [-0.05, 0) is 25.0 Å². The molecule has 6 heteroatoms. The van der Waals surface area contributed by atoms with E-state index in [0.29, 0.717) is 18.5 Å². The molecule has 21 heavy (non-hydrogen) atoms. The van der Waals surface area contributed by atoms with Gasteiger partial charge in [-0.15, -0.1) is 0 Å². The molecule has 2 aromatic heterocycles. The van der Waals surface area contributed by atoms with E-state index in [4.69, 9.17) is 4.74 Å². The fraction of sp³-hybridized carbons (Fsp3) is 0.400. The Kier molecular flexibility index (Phi) is 4.23. The molecular formula is C15H17FN4O. The third kappa shape index (κ3) is 3.65. The Hall–Kier alpha value is -2.24. The number of nitrogens with zero attached hydrogens (tertiary/aromatic N) is 4. The number of aromatic nitrogens is 3. The first-order valence-corrected chi connectivity index (χ1v) is 7.06. The van der Waals surface area contributed by atoms with Crippen molar-refractivity contribution in [3.8, 4) is 5.75 Å².